The molecule has 0 radical (unpaired) electrons. The maximum absolute atomic E-state index is 9.03. The number of hydrogen-bond donors (Lipinski definition) is 2. The smallest absolute Gasteiger partial charge is 0.0682 e. The Morgan fingerprint density at radius 3 is 2.33 bits per heavy atom. The van der Waals surface area contributed by atoms with Gasteiger partial charge in [0.1, 0.15) is 0 Å². The highest BCUT2D eigenvalue weighted by Crippen LogP contribution is 2.21. The summed E-state index contributed by atoms with van der Waals surface area (Å²) in [6.45, 7) is 0.0722. The molecule has 2 rings (SSSR count). The van der Waals surface area contributed by atoms with E-state index in [2.05, 4.69) is 0 Å². The van der Waals surface area contributed by atoms with E-state index in [-0.39, 0.29) is 6.61 Å². The van der Waals surface area contributed by atoms with Gasteiger partial charge in [-0.15, -0.1) is 0 Å². The van der Waals surface area contributed by atoms with E-state index in [1.54, 1.807) is 0 Å². The topological polar surface area (TPSA) is 46.2 Å². The first-order valence-corrected chi connectivity index (χ1v) is 4.85. The molecule has 2 aromatic carbocycles. The summed E-state index contributed by atoms with van der Waals surface area (Å²) in [6.07, 6.45) is 0. The highest BCUT2D eigenvalue weighted by Gasteiger charge is 1.98. The maximum Gasteiger partial charge on any atom is 0.0682 e. The van der Waals surface area contributed by atoms with Crippen LogP contribution in [0.1, 0.15) is 5.56 Å². The quantitative estimate of drug-likeness (QED) is 0.730. The summed E-state index contributed by atoms with van der Waals surface area (Å²) >= 11 is 0. The molecule has 0 amide bonds. The van der Waals surface area contributed by atoms with Crippen molar-refractivity contribution < 1.29 is 5.11 Å². The minimum Gasteiger partial charge on any atom is -0.399 e. The van der Waals surface area contributed by atoms with Crippen molar-refractivity contribution in [2.24, 2.45) is 0 Å². The molecule has 0 atom stereocenters. The summed E-state index contributed by atoms with van der Waals surface area (Å²) < 4.78 is 0. The Morgan fingerprint density at radius 2 is 1.67 bits per heavy atom. The van der Waals surface area contributed by atoms with Gasteiger partial charge in [0.25, 0.3) is 0 Å². The molecule has 0 saturated carbocycles. The largest absolute Gasteiger partial charge is 0.399 e. The number of hydrogen-bond acceptors (Lipinski definition) is 2. The highest BCUT2D eigenvalue weighted by atomic mass is 16.3. The van der Waals surface area contributed by atoms with E-state index in [0.717, 1.165) is 22.4 Å². The predicted octanol–water partition coefficient (Wildman–Crippen LogP) is 2.43. The van der Waals surface area contributed by atoms with Crippen LogP contribution >= 0.6 is 0 Å². The van der Waals surface area contributed by atoms with Gasteiger partial charge in [0.05, 0.1) is 6.61 Å². The molecule has 0 aliphatic rings. The van der Waals surface area contributed by atoms with Crippen molar-refractivity contribution in [1.82, 2.24) is 0 Å². The van der Waals surface area contributed by atoms with Crippen molar-refractivity contribution in [3.63, 3.8) is 0 Å². The minimum absolute atomic E-state index is 0.0722. The van der Waals surface area contributed by atoms with Gasteiger partial charge in [-0.1, -0.05) is 30.3 Å². The van der Waals surface area contributed by atoms with Crippen LogP contribution in [0.15, 0.2) is 48.5 Å². The lowest BCUT2D eigenvalue weighted by Gasteiger charge is -2.04. The number of nitrogen functional groups attached to an aromatic ring is 1. The van der Waals surface area contributed by atoms with Gasteiger partial charge in [0, 0.05) is 5.69 Å². The van der Waals surface area contributed by atoms with Crippen LogP contribution in [0.2, 0.25) is 0 Å². The third kappa shape index (κ3) is 2.17. The van der Waals surface area contributed by atoms with E-state index in [1.165, 1.54) is 0 Å². The molecule has 0 fully saturated rings. The summed E-state index contributed by atoms with van der Waals surface area (Å²) in [7, 11) is 0. The van der Waals surface area contributed by atoms with Gasteiger partial charge in [0.2, 0.25) is 0 Å². The zero-order valence-electron chi connectivity index (χ0n) is 8.35. The van der Waals surface area contributed by atoms with Crippen LogP contribution in [0.3, 0.4) is 0 Å². The average Bonchev–Trinajstić information content (AvgIpc) is 2.30. The fraction of sp³-hybridized carbons (Fsp3) is 0.0769. The van der Waals surface area contributed by atoms with Crippen molar-refractivity contribution in [3.05, 3.63) is 54.1 Å². The Morgan fingerprint density at radius 1 is 0.933 bits per heavy atom. The lowest BCUT2D eigenvalue weighted by Crippen LogP contribution is -1.86. The standard InChI is InChI=1S/C13H13NO/c14-13-6-4-11(5-7-13)12-3-1-2-10(8-12)9-15/h1-8,15H,9,14H2. The van der Waals surface area contributed by atoms with Crippen LogP contribution in [0.4, 0.5) is 5.69 Å². The number of benzene rings is 2. The van der Waals surface area contributed by atoms with Crippen molar-refractivity contribution >= 4 is 5.69 Å². The number of nitrogens with two attached hydrogens (primary N) is 1. The van der Waals surface area contributed by atoms with Crippen LogP contribution in [0.5, 0.6) is 0 Å². The average molecular weight is 199 g/mol. The van der Waals surface area contributed by atoms with Crippen LogP contribution < -0.4 is 5.73 Å². The fourth-order valence-corrected chi connectivity index (χ4v) is 1.52. The number of aliphatic hydroxyl groups excluding tert-OH is 1. The third-order valence-corrected chi connectivity index (χ3v) is 2.35. The molecule has 0 bridgehead atoms. The lowest BCUT2D eigenvalue weighted by atomic mass is 10.0. The molecule has 2 heteroatoms. The predicted molar refractivity (Wildman–Crippen MR) is 62.2 cm³/mol. The normalized spacial score (nSPS) is 10.2. The molecular formula is C13H13NO. The molecule has 0 aliphatic heterocycles. The molecule has 0 aliphatic carbocycles. The second-order valence-electron chi connectivity index (χ2n) is 3.48. The fourth-order valence-electron chi connectivity index (χ4n) is 1.52. The maximum atomic E-state index is 9.03. The Bertz CT molecular complexity index is 448. The van der Waals surface area contributed by atoms with E-state index in [1.807, 2.05) is 48.5 Å². The van der Waals surface area contributed by atoms with E-state index in [0.29, 0.717) is 0 Å². The van der Waals surface area contributed by atoms with Gasteiger partial charge in [-0.3, -0.25) is 0 Å². The van der Waals surface area contributed by atoms with E-state index >= 15 is 0 Å². The lowest BCUT2D eigenvalue weighted by molar-refractivity contribution is 0.282. The van der Waals surface area contributed by atoms with E-state index in [9.17, 15) is 0 Å². The second kappa shape index (κ2) is 4.15. The Kier molecular flexibility index (Phi) is 2.70. The van der Waals surface area contributed by atoms with Gasteiger partial charge >= 0.3 is 0 Å². The molecule has 0 saturated heterocycles. The first-order chi connectivity index (χ1) is 7.29. The van der Waals surface area contributed by atoms with Gasteiger partial charge in [0.15, 0.2) is 0 Å². The van der Waals surface area contributed by atoms with Gasteiger partial charge in [-0.05, 0) is 34.9 Å². The Hall–Kier alpha value is -1.80. The van der Waals surface area contributed by atoms with Crippen LogP contribution in [0, 0.1) is 0 Å². The van der Waals surface area contributed by atoms with Gasteiger partial charge in [-0.25, -0.2) is 0 Å². The molecule has 15 heavy (non-hydrogen) atoms. The zero-order valence-corrected chi connectivity index (χ0v) is 8.35. The molecule has 0 heterocycles. The first-order valence-electron chi connectivity index (χ1n) is 4.85. The SMILES string of the molecule is Nc1ccc(-c2cccc(CO)c2)cc1. The monoisotopic (exact) mass is 199 g/mol. The van der Waals surface area contributed by atoms with E-state index < -0.39 is 0 Å². The van der Waals surface area contributed by atoms with Crippen LogP contribution in [0.25, 0.3) is 11.1 Å². The summed E-state index contributed by atoms with van der Waals surface area (Å²) in [4.78, 5) is 0. The van der Waals surface area contributed by atoms with E-state index in [4.69, 9.17) is 10.8 Å². The van der Waals surface area contributed by atoms with Crippen LogP contribution in [-0.4, -0.2) is 5.11 Å². The molecule has 3 N–H and O–H groups in total. The van der Waals surface area contributed by atoms with Crippen molar-refractivity contribution in [2.75, 3.05) is 5.73 Å². The Balaban J connectivity index is 2.40. The minimum atomic E-state index is 0.0722. The molecule has 2 nitrogen and oxygen atoms in total. The van der Waals surface area contributed by atoms with Crippen molar-refractivity contribution in [3.8, 4) is 11.1 Å². The number of aliphatic hydroxyl groups is 1. The highest BCUT2D eigenvalue weighted by molar-refractivity contribution is 5.66. The molecule has 0 aromatic heterocycles. The number of anilines is 1. The van der Waals surface area contributed by atoms with Crippen molar-refractivity contribution in [2.45, 2.75) is 6.61 Å². The Labute approximate surface area is 89.0 Å². The van der Waals surface area contributed by atoms with Gasteiger partial charge < -0.3 is 10.8 Å². The third-order valence-electron chi connectivity index (χ3n) is 2.35. The molecule has 0 spiro atoms. The molecule has 0 unspecified atom stereocenters. The first kappa shape index (κ1) is 9.74. The molecule has 2 aromatic rings. The van der Waals surface area contributed by atoms with Crippen LogP contribution in [-0.2, 0) is 6.61 Å². The summed E-state index contributed by atoms with van der Waals surface area (Å²) in [5.74, 6) is 0. The molecular weight excluding hydrogens is 186 g/mol. The summed E-state index contributed by atoms with van der Waals surface area (Å²) in [5, 5.41) is 9.03. The zero-order chi connectivity index (χ0) is 10.7. The summed E-state index contributed by atoms with van der Waals surface area (Å²) in [6, 6.07) is 15.5. The summed E-state index contributed by atoms with van der Waals surface area (Å²) in [5.41, 5.74) is 9.51. The van der Waals surface area contributed by atoms with Gasteiger partial charge in [-0.2, -0.15) is 0 Å². The molecule has 76 valence electrons. The van der Waals surface area contributed by atoms with Crippen molar-refractivity contribution in [1.29, 1.82) is 0 Å². The number of rotatable bonds is 2. The second-order valence-corrected chi connectivity index (χ2v) is 3.48.